The number of halogens is 2. The van der Waals surface area contributed by atoms with Crippen LogP contribution in [0.3, 0.4) is 0 Å². The maximum absolute atomic E-state index is 13.8. The van der Waals surface area contributed by atoms with Crippen molar-refractivity contribution in [1.82, 2.24) is 0 Å². The van der Waals surface area contributed by atoms with Crippen LogP contribution in [-0.4, -0.2) is 24.5 Å². The highest BCUT2D eigenvalue weighted by molar-refractivity contribution is 6.60. The molecule has 0 fully saturated rings. The van der Waals surface area contributed by atoms with Gasteiger partial charge in [0.15, 0.2) is 5.78 Å². The van der Waals surface area contributed by atoms with Crippen molar-refractivity contribution in [2.75, 3.05) is 6.61 Å². The van der Waals surface area contributed by atoms with Crippen LogP contribution in [0.1, 0.15) is 21.5 Å². The molecule has 1 aliphatic rings. The summed E-state index contributed by atoms with van der Waals surface area (Å²) in [5.41, 5.74) is 2.25. The summed E-state index contributed by atoms with van der Waals surface area (Å²) in [6.45, 7) is 0.470. The van der Waals surface area contributed by atoms with E-state index in [-0.39, 0.29) is 17.0 Å². The van der Waals surface area contributed by atoms with Crippen molar-refractivity contribution < 1.29 is 18.9 Å². The maximum atomic E-state index is 13.8. The van der Waals surface area contributed by atoms with E-state index in [0.29, 0.717) is 17.6 Å². The van der Waals surface area contributed by atoms with E-state index in [4.69, 9.17) is 16.3 Å². The number of rotatable bonds is 3. The molecule has 1 heterocycles. The lowest BCUT2D eigenvalue weighted by Gasteiger charge is -2.19. The SMILES string of the molecule is O=C(Cc1ccc2c(c1)B(O)OCC2)c1c(F)cccc1Cl. The van der Waals surface area contributed by atoms with Crippen LogP contribution < -0.4 is 5.46 Å². The van der Waals surface area contributed by atoms with Gasteiger partial charge >= 0.3 is 7.12 Å². The highest BCUT2D eigenvalue weighted by Gasteiger charge is 2.25. The van der Waals surface area contributed by atoms with Crippen molar-refractivity contribution in [2.24, 2.45) is 0 Å². The van der Waals surface area contributed by atoms with E-state index in [1.165, 1.54) is 18.2 Å². The topological polar surface area (TPSA) is 46.5 Å². The normalized spacial score (nSPS) is 13.9. The molecule has 6 heteroatoms. The smallest absolute Gasteiger partial charge is 0.423 e. The van der Waals surface area contributed by atoms with Crippen molar-refractivity contribution in [3.8, 4) is 0 Å². The summed E-state index contributed by atoms with van der Waals surface area (Å²) in [5.74, 6) is -1.02. The van der Waals surface area contributed by atoms with Crippen LogP contribution in [0, 0.1) is 5.82 Å². The molecule has 0 unspecified atom stereocenters. The first-order chi connectivity index (χ1) is 10.6. The zero-order valence-electron chi connectivity index (χ0n) is 11.7. The second-order valence-corrected chi connectivity index (χ2v) is 5.61. The van der Waals surface area contributed by atoms with E-state index < -0.39 is 18.7 Å². The predicted molar refractivity (Wildman–Crippen MR) is 83.1 cm³/mol. The van der Waals surface area contributed by atoms with E-state index in [1.807, 2.05) is 12.1 Å². The minimum absolute atomic E-state index is 0.0145. The second-order valence-electron chi connectivity index (χ2n) is 5.20. The molecule has 0 aliphatic carbocycles. The summed E-state index contributed by atoms with van der Waals surface area (Å²) >= 11 is 5.91. The zero-order valence-corrected chi connectivity index (χ0v) is 12.4. The van der Waals surface area contributed by atoms with Gasteiger partial charge in [0.1, 0.15) is 5.82 Å². The average Bonchev–Trinajstić information content (AvgIpc) is 2.48. The van der Waals surface area contributed by atoms with Crippen molar-refractivity contribution in [3.63, 3.8) is 0 Å². The van der Waals surface area contributed by atoms with Gasteiger partial charge in [-0.25, -0.2) is 4.39 Å². The summed E-state index contributed by atoms with van der Waals surface area (Å²) in [5, 5.41) is 9.94. The first-order valence-electron chi connectivity index (χ1n) is 6.95. The van der Waals surface area contributed by atoms with Crippen molar-refractivity contribution in [2.45, 2.75) is 12.8 Å². The molecule has 3 rings (SSSR count). The Morgan fingerprint density at radius 3 is 2.95 bits per heavy atom. The minimum atomic E-state index is -0.976. The molecule has 0 bridgehead atoms. The fraction of sp³-hybridized carbons (Fsp3) is 0.188. The molecule has 0 spiro atoms. The van der Waals surface area contributed by atoms with Crippen molar-refractivity contribution >= 4 is 30.0 Å². The van der Waals surface area contributed by atoms with Crippen LogP contribution in [0.15, 0.2) is 36.4 Å². The number of carbonyl (C=O) groups excluding carboxylic acids is 1. The fourth-order valence-electron chi connectivity index (χ4n) is 2.62. The predicted octanol–water partition coefficient (Wildman–Crippen LogP) is 2.16. The average molecular weight is 319 g/mol. The van der Waals surface area contributed by atoms with Crippen LogP contribution >= 0.6 is 11.6 Å². The van der Waals surface area contributed by atoms with E-state index >= 15 is 0 Å². The van der Waals surface area contributed by atoms with E-state index in [1.54, 1.807) is 6.07 Å². The molecule has 0 radical (unpaired) electrons. The fourth-order valence-corrected chi connectivity index (χ4v) is 2.89. The maximum Gasteiger partial charge on any atom is 0.491 e. The summed E-state index contributed by atoms with van der Waals surface area (Å²) in [7, 11) is -0.976. The number of Topliss-reactive ketones (excluding diaryl/α,β-unsaturated/α-hetero) is 1. The largest absolute Gasteiger partial charge is 0.491 e. The van der Waals surface area contributed by atoms with Gasteiger partial charge in [-0.15, -0.1) is 0 Å². The number of fused-ring (bicyclic) bond motifs is 1. The molecule has 112 valence electrons. The zero-order chi connectivity index (χ0) is 15.7. The highest BCUT2D eigenvalue weighted by atomic mass is 35.5. The Bertz CT molecular complexity index is 715. The van der Waals surface area contributed by atoms with Crippen molar-refractivity contribution in [3.05, 3.63) is 63.9 Å². The Hall–Kier alpha value is -1.69. The van der Waals surface area contributed by atoms with Gasteiger partial charge in [0, 0.05) is 13.0 Å². The number of hydrogen-bond donors (Lipinski definition) is 1. The first-order valence-corrected chi connectivity index (χ1v) is 7.32. The van der Waals surface area contributed by atoms with Gasteiger partial charge in [-0.3, -0.25) is 4.79 Å². The Morgan fingerprint density at radius 1 is 1.36 bits per heavy atom. The number of benzene rings is 2. The molecule has 0 saturated heterocycles. The lowest BCUT2D eigenvalue weighted by Crippen LogP contribution is -2.41. The standard InChI is InChI=1S/C16H13BClFO3/c18-13-2-1-3-14(19)16(13)15(20)9-10-4-5-11-6-7-22-17(21)12(11)8-10/h1-5,8,21H,6-7,9H2. The molecular weight excluding hydrogens is 305 g/mol. The third-order valence-electron chi connectivity index (χ3n) is 3.73. The van der Waals surface area contributed by atoms with Gasteiger partial charge in [0.25, 0.3) is 0 Å². The van der Waals surface area contributed by atoms with Crippen LogP contribution in [0.25, 0.3) is 0 Å². The van der Waals surface area contributed by atoms with Crippen molar-refractivity contribution in [1.29, 1.82) is 0 Å². The molecule has 0 amide bonds. The van der Waals surface area contributed by atoms with Gasteiger partial charge in [0.2, 0.25) is 0 Å². The van der Waals surface area contributed by atoms with Gasteiger partial charge in [-0.1, -0.05) is 35.9 Å². The third kappa shape index (κ3) is 2.93. The molecule has 0 atom stereocenters. The first kappa shape index (κ1) is 15.2. The molecule has 1 N–H and O–H groups in total. The Labute approximate surface area is 132 Å². The second kappa shape index (κ2) is 6.20. The van der Waals surface area contributed by atoms with Gasteiger partial charge in [-0.2, -0.15) is 0 Å². The van der Waals surface area contributed by atoms with Crippen LogP contribution in [0.2, 0.25) is 5.02 Å². The lowest BCUT2D eigenvalue weighted by atomic mass is 9.73. The van der Waals surface area contributed by atoms with Crippen LogP contribution in [0.4, 0.5) is 4.39 Å². The Balaban J connectivity index is 1.87. The van der Waals surface area contributed by atoms with Crippen LogP contribution in [-0.2, 0) is 17.5 Å². The van der Waals surface area contributed by atoms with E-state index in [0.717, 1.165) is 12.0 Å². The minimum Gasteiger partial charge on any atom is -0.423 e. The molecule has 1 aliphatic heterocycles. The van der Waals surface area contributed by atoms with E-state index in [9.17, 15) is 14.2 Å². The molecule has 2 aromatic rings. The summed E-state index contributed by atoms with van der Waals surface area (Å²) < 4.78 is 19.0. The van der Waals surface area contributed by atoms with Crippen LogP contribution in [0.5, 0.6) is 0 Å². The Kier molecular flexibility index (Phi) is 4.29. The molecular formula is C16H13BClFO3. The third-order valence-corrected chi connectivity index (χ3v) is 4.04. The van der Waals surface area contributed by atoms with Gasteiger partial charge < -0.3 is 9.68 Å². The summed E-state index contributed by atoms with van der Waals surface area (Å²) in [6.07, 6.45) is 0.737. The number of hydrogen-bond acceptors (Lipinski definition) is 3. The quantitative estimate of drug-likeness (QED) is 0.697. The van der Waals surface area contributed by atoms with Gasteiger partial charge in [0.05, 0.1) is 10.6 Å². The number of ketones is 1. The summed E-state index contributed by atoms with van der Waals surface area (Å²) in [6, 6.07) is 9.56. The monoisotopic (exact) mass is 318 g/mol. The molecule has 3 nitrogen and oxygen atoms in total. The molecule has 22 heavy (non-hydrogen) atoms. The molecule has 0 saturated carbocycles. The lowest BCUT2D eigenvalue weighted by molar-refractivity contribution is 0.0989. The summed E-state index contributed by atoms with van der Waals surface area (Å²) in [4.78, 5) is 12.3. The van der Waals surface area contributed by atoms with Gasteiger partial charge in [-0.05, 0) is 35.1 Å². The number of carbonyl (C=O) groups is 1. The van der Waals surface area contributed by atoms with E-state index in [2.05, 4.69) is 0 Å². The Morgan fingerprint density at radius 2 is 2.18 bits per heavy atom. The highest BCUT2D eigenvalue weighted by Crippen LogP contribution is 2.21. The molecule has 2 aromatic carbocycles. The molecule has 0 aromatic heterocycles.